The van der Waals surface area contributed by atoms with E-state index >= 15 is 0 Å². The monoisotopic (exact) mass is 164 g/mol. The van der Waals surface area contributed by atoms with Crippen molar-refractivity contribution in [3.8, 4) is 0 Å². The molecular weight excluding hydrogens is 148 g/mol. The Balaban J connectivity index is 2.91. The van der Waals surface area contributed by atoms with Gasteiger partial charge >= 0.3 is 0 Å². The highest BCUT2D eigenvalue weighted by atomic mass is 14.8. The molecule has 0 aliphatic heterocycles. The number of nitrogens with zero attached hydrogens (tertiary/aromatic N) is 1. The van der Waals surface area contributed by atoms with Crippen molar-refractivity contribution in [3.63, 3.8) is 0 Å². The first kappa shape index (κ1) is 9.20. The molecule has 0 saturated heterocycles. The zero-order valence-electron chi connectivity index (χ0n) is 8.02. The molecule has 0 saturated carbocycles. The third kappa shape index (κ3) is 2.05. The highest BCUT2D eigenvalue weighted by molar-refractivity contribution is 5.24. The van der Waals surface area contributed by atoms with Crippen molar-refractivity contribution in [1.82, 2.24) is 10.3 Å². The topological polar surface area (TPSA) is 24.9 Å². The molecule has 1 rings (SSSR count). The van der Waals surface area contributed by atoms with Crippen LogP contribution in [0.15, 0.2) is 12.3 Å². The highest BCUT2D eigenvalue weighted by Crippen LogP contribution is 2.07. The summed E-state index contributed by atoms with van der Waals surface area (Å²) in [5, 5.41) is 3.14. The maximum atomic E-state index is 4.33. The van der Waals surface area contributed by atoms with Crippen molar-refractivity contribution < 1.29 is 0 Å². The van der Waals surface area contributed by atoms with Crippen molar-refractivity contribution in [2.75, 3.05) is 7.05 Å². The summed E-state index contributed by atoms with van der Waals surface area (Å²) >= 11 is 0. The zero-order chi connectivity index (χ0) is 8.97. The van der Waals surface area contributed by atoms with Crippen LogP contribution < -0.4 is 5.32 Å². The first-order valence-electron chi connectivity index (χ1n) is 4.37. The quantitative estimate of drug-likeness (QED) is 0.735. The molecule has 1 N–H and O–H groups in total. The minimum Gasteiger partial charge on any atom is -0.316 e. The van der Waals surface area contributed by atoms with E-state index in [0.717, 1.165) is 18.7 Å². The van der Waals surface area contributed by atoms with Gasteiger partial charge in [-0.3, -0.25) is 4.98 Å². The average Bonchev–Trinajstić information content (AvgIpc) is 2.09. The third-order valence-corrected chi connectivity index (χ3v) is 2.02. The van der Waals surface area contributed by atoms with Crippen LogP contribution in [0.5, 0.6) is 0 Å². The van der Waals surface area contributed by atoms with E-state index in [9.17, 15) is 0 Å². The van der Waals surface area contributed by atoms with E-state index in [-0.39, 0.29) is 0 Å². The van der Waals surface area contributed by atoms with Gasteiger partial charge in [-0.05, 0) is 31.5 Å². The van der Waals surface area contributed by atoms with Crippen LogP contribution in [0.25, 0.3) is 0 Å². The fraction of sp³-hybridized carbons (Fsp3) is 0.500. The Morgan fingerprint density at radius 3 is 2.83 bits per heavy atom. The summed E-state index contributed by atoms with van der Waals surface area (Å²) in [5.74, 6) is 0. The summed E-state index contributed by atoms with van der Waals surface area (Å²) in [5.41, 5.74) is 3.74. The van der Waals surface area contributed by atoms with Gasteiger partial charge in [0.05, 0.1) is 0 Å². The van der Waals surface area contributed by atoms with E-state index in [0.29, 0.717) is 0 Å². The molecule has 0 aliphatic rings. The molecule has 0 spiro atoms. The fourth-order valence-electron chi connectivity index (χ4n) is 1.19. The summed E-state index contributed by atoms with van der Waals surface area (Å²) < 4.78 is 0. The molecule has 1 heterocycles. The van der Waals surface area contributed by atoms with Crippen molar-refractivity contribution in [1.29, 1.82) is 0 Å². The van der Waals surface area contributed by atoms with Crippen molar-refractivity contribution in [2.24, 2.45) is 0 Å². The summed E-state index contributed by atoms with van der Waals surface area (Å²) in [6, 6.07) is 2.22. The molecule has 1 aromatic heterocycles. The molecule has 66 valence electrons. The lowest BCUT2D eigenvalue weighted by atomic mass is 10.1. The second-order valence-electron chi connectivity index (χ2n) is 2.97. The number of hydrogen-bond acceptors (Lipinski definition) is 2. The predicted molar refractivity (Wildman–Crippen MR) is 51.1 cm³/mol. The maximum Gasteiger partial charge on any atom is 0.0417 e. The smallest absolute Gasteiger partial charge is 0.0417 e. The van der Waals surface area contributed by atoms with E-state index in [1.807, 2.05) is 20.2 Å². The van der Waals surface area contributed by atoms with Gasteiger partial charge in [-0.1, -0.05) is 13.0 Å². The van der Waals surface area contributed by atoms with Crippen molar-refractivity contribution in [2.45, 2.75) is 26.8 Å². The fourth-order valence-corrected chi connectivity index (χ4v) is 1.19. The van der Waals surface area contributed by atoms with Crippen LogP contribution >= 0.6 is 0 Å². The van der Waals surface area contributed by atoms with Gasteiger partial charge in [-0.2, -0.15) is 0 Å². The molecule has 0 unspecified atom stereocenters. The summed E-state index contributed by atoms with van der Waals surface area (Å²) in [7, 11) is 1.96. The van der Waals surface area contributed by atoms with E-state index in [4.69, 9.17) is 0 Å². The Morgan fingerprint density at radius 1 is 1.50 bits per heavy atom. The molecule has 0 radical (unpaired) electrons. The molecule has 0 atom stereocenters. The lowest BCUT2D eigenvalue weighted by Gasteiger charge is -2.05. The molecule has 0 aromatic carbocycles. The highest BCUT2D eigenvalue weighted by Gasteiger charge is 1.98. The number of pyridine rings is 1. The molecule has 1 aromatic rings. The van der Waals surface area contributed by atoms with E-state index < -0.39 is 0 Å². The van der Waals surface area contributed by atoms with Gasteiger partial charge < -0.3 is 5.32 Å². The Morgan fingerprint density at radius 2 is 2.25 bits per heavy atom. The number of rotatable bonds is 3. The summed E-state index contributed by atoms with van der Waals surface area (Å²) in [6.07, 6.45) is 3.01. The molecule has 0 fully saturated rings. The van der Waals surface area contributed by atoms with Gasteiger partial charge in [0.25, 0.3) is 0 Å². The van der Waals surface area contributed by atoms with Gasteiger partial charge in [0.1, 0.15) is 0 Å². The van der Waals surface area contributed by atoms with Crippen LogP contribution in [0.2, 0.25) is 0 Å². The Hall–Kier alpha value is -0.890. The van der Waals surface area contributed by atoms with Crippen molar-refractivity contribution >= 4 is 0 Å². The number of nitrogens with one attached hydrogen (secondary N) is 1. The minimum absolute atomic E-state index is 0.909. The largest absolute Gasteiger partial charge is 0.316 e. The van der Waals surface area contributed by atoms with Crippen LogP contribution in [-0.4, -0.2) is 12.0 Å². The molecule has 0 amide bonds. The molecule has 2 heteroatoms. The Bertz CT molecular complexity index is 256. The summed E-state index contributed by atoms with van der Waals surface area (Å²) in [4.78, 5) is 4.33. The average molecular weight is 164 g/mol. The minimum atomic E-state index is 0.909. The SMILES string of the molecule is CCc1cnc(C)c(CNC)c1. The van der Waals surface area contributed by atoms with Crippen LogP contribution in [0, 0.1) is 6.92 Å². The second kappa shape index (κ2) is 4.21. The van der Waals surface area contributed by atoms with E-state index in [2.05, 4.69) is 23.3 Å². The third-order valence-electron chi connectivity index (χ3n) is 2.02. The first-order chi connectivity index (χ1) is 5.77. The van der Waals surface area contributed by atoms with Gasteiger partial charge in [0.2, 0.25) is 0 Å². The van der Waals surface area contributed by atoms with Gasteiger partial charge in [0, 0.05) is 18.4 Å². The normalized spacial score (nSPS) is 10.2. The lowest BCUT2D eigenvalue weighted by molar-refractivity contribution is 0.801. The van der Waals surface area contributed by atoms with Gasteiger partial charge in [0.15, 0.2) is 0 Å². The van der Waals surface area contributed by atoms with Crippen LogP contribution in [0.1, 0.15) is 23.7 Å². The van der Waals surface area contributed by atoms with Crippen LogP contribution in [-0.2, 0) is 13.0 Å². The zero-order valence-corrected chi connectivity index (χ0v) is 8.02. The molecule has 0 aliphatic carbocycles. The molecule has 2 nitrogen and oxygen atoms in total. The van der Waals surface area contributed by atoms with E-state index in [1.165, 1.54) is 11.1 Å². The van der Waals surface area contributed by atoms with Crippen LogP contribution in [0.4, 0.5) is 0 Å². The maximum absolute atomic E-state index is 4.33. The van der Waals surface area contributed by atoms with E-state index in [1.54, 1.807) is 0 Å². The van der Waals surface area contributed by atoms with Gasteiger partial charge in [-0.15, -0.1) is 0 Å². The molecule has 0 bridgehead atoms. The molecular formula is C10H16N2. The standard InChI is InChI=1S/C10H16N2/c1-4-9-5-10(7-11-3)8(2)12-6-9/h5-6,11H,4,7H2,1-3H3. The second-order valence-corrected chi connectivity index (χ2v) is 2.97. The lowest BCUT2D eigenvalue weighted by Crippen LogP contribution is -2.08. The number of aryl methyl sites for hydroxylation is 2. The van der Waals surface area contributed by atoms with Crippen molar-refractivity contribution in [3.05, 3.63) is 29.1 Å². The Labute approximate surface area is 74.0 Å². The van der Waals surface area contributed by atoms with Gasteiger partial charge in [-0.25, -0.2) is 0 Å². The number of aromatic nitrogens is 1. The summed E-state index contributed by atoms with van der Waals surface area (Å²) in [6.45, 7) is 5.11. The van der Waals surface area contributed by atoms with Crippen LogP contribution in [0.3, 0.4) is 0 Å². The Kier molecular flexibility index (Phi) is 3.23. The molecule has 12 heavy (non-hydrogen) atoms. The first-order valence-corrected chi connectivity index (χ1v) is 4.37. The number of hydrogen-bond donors (Lipinski definition) is 1. The predicted octanol–water partition coefficient (Wildman–Crippen LogP) is 1.67.